The summed E-state index contributed by atoms with van der Waals surface area (Å²) < 4.78 is 0. The Bertz CT molecular complexity index is 400. The summed E-state index contributed by atoms with van der Waals surface area (Å²) in [6.45, 7) is 7.49. The largest absolute Gasteiger partial charge is 0.389 e. The molecule has 0 aromatic carbocycles. The Kier molecular flexibility index (Phi) is 4.77. The van der Waals surface area contributed by atoms with Crippen molar-refractivity contribution in [2.24, 2.45) is 0 Å². The molecule has 1 N–H and O–H groups in total. The third-order valence-electron chi connectivity index (χ3n) is 4.17. The molecule has 106 valence electrons. The zero-order chi connectivity index (χ0) is 13.8. The molecule has 1 aromatic heterocycles. The average Bonchev–Trinajstić information content (AvgIpc) is 2.46. The van der Waals surface area contributed by atoms with Crippen LogP contribution in [0.3, 0.4) is 0 Å². The Hall–Kier alpha value is -1.13. The van der Waals surface area contributed by atoms with Gasteiger partial charge >= 0.3 is 0 Å². The second-order valence-electron chi connectivity index (χ2n) is 5.40. The SMILES string of the molecule is CCN1CCC(N(C)c2cc(C(C)O)ccn2)CC1. The van der Waals surface area contributed by atoms with Crippen LogP contribution in [0.25, 0.3) is 0 Å². The maximum atomic E-state index is 9.65. The van der Waals surface area contributed by atoms with Crippen molar-refractivity contribution in [2.75, 3.05) is 31.6 Å². The van der Waals surface area contributed by atoms with Crippen LogP contribution in [0.1, 0.15) is 38.4 Å². The first-order valence-electron chi connectivity index (χ1n) is 7.21. The summed E-state index contributed by atoms with van der Waals surface area (Å²) in [6, 6.07) is 4.43. The van der Waals surface area contributed by atoms with Gasteiger partial charge in [-0.3, -0.25) is 0 Å². The number of hydrogen-bond acceptors (Lipinski definition) is 4. The van der Waals surface area contributed by atoms with Crippen molar-refractivity contribution in [3.63, 3.8) is 0 Å². The minimum Gasteiger partial charge on any atom is -0.389 e. The Morgan fingerprint density at radius 3 is 2.74 bits per heavy atom. The Morgan fingerprint density at radius 1 is 1.47 bits per heavy atom. The molecule has 0 aliphatic carbocycles. The van der Waals surface area contributed by atoms with Crippen LogP contribution in [0.5, 0.6) is 0 Å². The van der Waals surface area contributed by atoms with Crippen LogP contribution in [0.4, 0.5) is 5.82 Å². The summed E-state index contributed by atoms with van der Waals surface area (Å²) in [5, 5.41) is 9.65. The first-order chi connectivity index (χ1) is 9.11. The fourth-order valence-electron chi connectivity index (χ4n) is 2.70. The number of piperidine rings is 1. The molecule has 1 aliphatic heterocycles. The van der Waals surface area contributed by atoms with Gasteiger partial charge in [0.15, 0.2) is 0 Å². The van der Waals surface area contributed by atoms with E-state index in [1.54, 1.807) is 13.1 Å². The van der Waals surface area contributed by atoms with Crippen molar-refractivity contribution in [1.82, 2.24) is 9.88 Å². The monoisotopic (exact) mass is 263 g/mol. The predicted molar refractivity (Wildman–Crippen MR) is 78.4 cm³/mol. The number of aliphatic hydroxyl groups excluding tert-OH is 1. The number of hydrogen-bond donors (Lipinski definition) is 1. The minimum atomic E-state index is -0.433. The first-order valence-corrected chi connectivity index (χ1v) is 7.21. The van der Waals surface area contributed by atoms with Crippen LogP contribution < -0.4 is 4.90 Å². The maximum absolute atomic E-state index is 9.65. The van der Waals surface area contributed by atoms with Crippen molar-refractivity contribution >= 4 is 5.82 Å². The van der Waals surface area contributed by atoms with Crippen LogP contribution in [-0.4, -0.2) is 47.7 Å². The van der Waals surface area contributed by atoms with Crippen LogP contribution in [0.15, 0.2) is 18.3 Å². The van der Waals surface area contributed by atoms with Gasteiger partial charge in [0, 0.05) is 32.4 Å². The molecule has 2 rings (SSSR count). The fourth-order valence-corrected chi connectivity index (χ4v) is 2.70. The van der Waals surface area contributed by atoms with Crippen molar-refractivity contribution in [3.05, 3.63) is 23.9 Å². The zero-order valence-corrected chi connectivity index (χ0v) is 12.2. The van der Waals surface area contributed by atoms with Crippen LogP contribution >= 0.6 is 0 Å². The van der Waals surface area contributed by atoms with E-state index >= 15 is 0 Å². The van der Waals surface area contributed by atoms with Gasteiger partial charge in [0.25, 0.3) is 0 Å². The van der Waals surface area contributed by atoms with E-state index in [4.69, 9.17) is 0 Å². The molecule has 4 heteroatoms. The average molecular weight is 263 g/mol. The van der Waals surface area contributed by atoms with Gasteiger partial charge in [-0.15, -0.1) is 0 Å². The molecule has 0 saturated carbocycles. The summed E-state index contributed by atoms with van der Waals surface area (Å²) >= 11 is 0. The first kappa shape index (κ1) is 14.3. The van der Waals surface area contributed by atoms with Crippen molar-refractivity contribution < 1.29 is 5.11 Å². The van der Waals surface area contributed by atoms with Crippen LogP contribution in [-0.2, 0) is 0 Å². The molecule has 1 unspecified atom stereocenters. The van der Waals surface area contributed by atoms with E-state index in [2.05, 4.69) is 28.8 Å². The van der Waals surface area contributed by atoms with Gasteiger partial charge < -0.3 is 14.9 Å². The van der Waals surface area contributed by atoms with Gasteiger partial charge in [-0.1, -0.05) is 6.92 Å². The third-order valence-corrected chi connectivity index (χ3v) is 4.17. The van der Waals surface area contributed by atoms with E-state index in [0.29, 0.717) is 6.04 Å². The smallest absolute Gasteiger partial charge is 0.128 e. The normalized spacial score (nSPS) is 19.4. The van der Waals surface area contributed by atoms with Crippen LogP contribution in [0, 0.1) is 0 Å². The van der Waals surface area contributed by atoms with E-state index in [1.807, 2.05) is 12.1 Å². The molecule has 1 saturated heterocycles. The molecular formula is C15H25N3O. The molecule has 0 amide bonds. The Balaban J connectivity index is 2.03. The molecule has 1 aliphatic rings. The van der Waals surface area contributed by atoms with Gasteiger partial charge in [-0.05, 0) is 44.0 Å². The molecule has 0 spiro atoms. The van der Waals surface area contributed by atoms with Gasteiger partial charge in [-0.25, -0.2) is 4.98 Å². The molecular weight excluding hydrogens is 238 g/mol. The van der Waals surface area contributed by atoms with Crippen LogP contribution in [0.2, 0.25) is 0 Å². The quantitative estimate of drug-likeness (QED) is 0.902. The van der Waals surface area contributed by atoms with E-state index in [9.17, 15) is 5.11 Å². The molecule has 4 nitrogen and oxygen atoms in total. The predicted octanol–water partition coefficient (Wildman–Crippen LogP) is 2.06. The highest BCUT2D eigenvalue weighted by Crippen LogP contribution is 2.22. The molecule has 2 heterocycles. The summed E-state index contributed by atoms with van der Waals surface area (Å²) in [4.78, 5) is 9.19. The number of likely N-dealkylation sites (tertiary alicyclic amines) is 1. The number of nitrogens with zero attached hydrogens (tertiary/aromatic N) is 3. The summed E-state index contributed by atoms with van der Waals surface area (Å²) in [6.07, 6.45) is 3.72. The summed E-state index contributed by atoms with van der Waals surface area (Å²) in [5.41, 5.74) is 0.933. The molecule has 1 atom stereocenters. The highest BCUT2D eigenvalue weighted by Gasteiger charge is 2.22. The lowest BCUT2D eigenvalue weighted by Crippen LogP contribution is -2.43. The van der Waals surface area contributed by atoms with Gasteiger partial charge in [0.05, 0.1) is 6.10 Å². The van der Waals surface area contributed by atoms with E-state index in [0.717, 1.165) is 17.9 Å². The molecule has 19 heavy (non-hydrogen) atoms. The summed E-state index contributed by atoms with van der Waals surface area (Å²) in [7, 11) is 2.11. The third kappa shape index (κ3) is 3.45. The lowest BCUT2D eigenvalue weighted by molar-refractivity contribution is 0.199. The standard InChI is InChI=1S/C15H25N3O/c1-4-18-9-6-14(7-10-18)17(3)15-11-13(12(2)19)5-8-16-15/h5,8,11-12,14,19H,4,6-7,9-10H2,1-3H3. The van der Waals surface area contributed by atoms with Gasteiger partial charge in [0.1, 0.15) is 5.82 Å². The number of rotatable bonds is 4. The molecule has 1 aromatic rings. The van der Waals surface area contributed by atoms with Crippen molar-refractivity contribution in [1.29, 1.82) is 0 Å². The highest BCUT2D eigenvalue weighted by molar-refractivity contribution is 5.41. The highest BCUT2D eigenvalue weighted by atomic mass is 16.3. The fraction of sp³-hybridized carbons (Fsp3) is 0.667. The van der Waals surface area contributed by atoms with E-state index < -0.39 is 6.10 Å². The maximum Gasteiger partial charge on any atom is 0.128 e. The van der Waals surface area contributed by atoms with E-state index in [1.165, 1.54) is 25.9 Å². The van der Waals surface area contributed by atoms with Crippen molar-refractivity contribution in [3.8, 4) is 0 Å². The lowest BCUT2D eigenvalue weighted by atomic mass is 10.0. The number of aliphatic hydroxyl groups is 1. The number of anilines is 1. The molecule has 0 radical (unpaired) electrons. The van der Waals surface area contributed by atoms with E-state index in [-0.39, 0.29) is 0 Å². The van der Waals surface area contributed by atoms with Crippen molar-refractivity contribution in [2.45, 2.75) is 38.8 Å². The molecule has 0 bridgehead atoms. The topological polar surface area (TPSA) is 39.6 Å². The zero-order valence-electron chi connectivity index (χ0n) is 12.2. The molecule has 1 fully saturated rings. The second-order valence-corrected chi connectivity index (χ2v) is 5.40. The van der Waals surface area contributed by atoms with Gasteiger partial charge in [-0.2, -0.15) is 0 Å². The number of aromatic nitrogens is 1. The second kappa shape index (κ2) is 6.35. The minimum absolute atomic E-state index is 0.433. The lowest BCUT2D eigenvalue weighted by Gasteiger charge is -2.37. The van der Waals surface area contributed by atoms with Gasteiger partial charge in [0.2, 0.25) is 0 Å². The summed E-state index contributed by atoms with van der Waals surface area (Å²) in [5.74, 6) is 0.966. The Labute approximate surface area is 116 Å². The number of pyridine rings is 1. The Morgan fingerprint density at radius 2 is 2.16 bits per heavy atom.